The third-order valence-corrected chi connectivity index (χ3v) is 6.41. The standard InChI is InChI=1S/C28H41NO5/c1-6-21(14-22-11-12-29-18-22)7-9-26(34-20(4)30)17-25(31)15-24(13-19(2)3)23-8-10-27(32)28(16-23)33-5/h8,10-11,16,18-19,21,24,26,32H,6-7,9,12-15,17H2,1-5H3/t21-,24+,26-/m1/s1. The van der Waals surface area contributed by atoms with Gasteiger partial charge in [0.1, 0.15) is 11.9 Å². The van der Waals surface area contributed by atoms with E-state index in [-0.39, 0.29) is 29.8 Å². The minimum absolute atomic E-state index is 0.0111. The van der Waals surface area contributed by atoms with E-state index in [1.165, 1.54) is 19.6 Å². The lowest BCUT2D eigenvalue weighted by molar-refractivity contribution is -0.148. The van der Waals surface area contributed by atoms with Crippen molar-refractivity contribution in [2.75, 3.05) is 13.7 Å². The maximum Gasteiger partial charge on any atom is 0.302 e. The second kappa shape index (κ2) is 13.9. The molecule has 0 bridgehead atoms. The van der Waals surface area contributed by atoms with Crippen LogP contribution in [0.25, 0.3) is 0 Å². The van der Waals surface area contributed by atoms with Crippen LogP contribution in [0.4, 0.5) is 0 Å². The molecule has 1 heterocycles. The van der Waals surface area contributed by atoms with E-state index in [1.54, 1.807) is 6.07 Å². The Labute approximate surface area is 204 Å². The van der Waals surface area contributed by atoms with Crippen LogP contribution in [-0.4, -0.2) is 42.8 Å². The lowest BCUT2D eigenvalue weighted by Crippen LogP contribution is -2.23. The Kier molecular flexibility index (Phi) is 11.3. The first-order chi connectivity index (χ1) is 16.2. The zero-order valence-electron chi connectivity index (χ0n) is 21.4. The molecule has 2 rings (SSSR count). The molecule has 1 N–H and O–H groups in total. The first-order valence-corrected chi connectivity index (χ1v) is 12.5. The number of nitrogens with zero attached hydrogens (tertiary/aromatic N) is 1. The number of phenolic OH excluding ortho intramolecular Hbond substituents is 1. The highest BCUT2D eigenvalue weighted by molar-refractivity contribution is 5.81. The van der Waals surface area contributed by atoms with Crippen LogP contribution < -0.4 is 4.74 Å². The number of benzene rings is 1. The van der Waals surface area contributed by atoms with Gasteiger partial charge in [-0.05, 0) is 66.7 Å². The highest BCUT2D eigenvalue weighted by Crippen LogP contribution is 2.34. The van der Waals surface area contributed by atoms with Gasteiger partial charge in [-0.25, -0.2) is 0 Å². The van der Waals surface area contributed by atoms with Gasteiger partial charge in [-0.15, -0.1) is 0 Å². The number of carbonyl (C=O) groups excluding carboxylic acids is 2. The Morgan fingerprint density at radius 2 is 1.94 bits per heavy atom. The van der Waals surface area contributed by atoms with E-state index in [4.69, 9.17) is 9.47 Å². The molecule has 6 nitrogen and oxygen atoms in total. The summed E-state index contributed by atoms with van der Waals surface area (Å²) in [7, 11) is 1.52. The molecular weight excluding hydrogens is 430 g/mol. The molecule has 0 spiro atoms. The van der Waals surface area contributed by atoms with Gasteiger partial charge < -0.3 is 14.6 Å². The third kappa shape index (κ3) is 9.32. The predicted octanol–water partition coefficient (Wildman–Crippen LogP) is 6.02. The van der Waals surface area contributed by atoms with Gasteiger partial charge in [0, 0.05) is 26.0 Å². The van der Waals surface area contributed by atoms with E-state index in [0.29, 0.717) is 30.4 Å². The molecule has 0 amide bonds. The molecule has 1 aromatic carbocycles. The van der Waals surface area contributed by atoms with Crippen LogP contribution >= 0.6 is 0 Å². The van der Waals surface area contributed by atoms with Gasteiger partial charge in [0.25, 0.3) is 0 Å². The third-order valence-electron chi connectivity index (χ3n) is 6.41. The lowest BCUT2D eigenvalue weighted by Gasteiger charge is -2.23. The van der Waals surface area contributed by atoms with Crippen molar-refractivity contribution in [2.24, 2.45) is 16.8 Å². The quantitative estimate of drug-likeness (QED) is 0.316. The SMILES string of the molecule is CC[C@H](CC[C@H](CC(=O)C[C@H](CC(C)C)c1ccc(O)c(OC)c1)OC(C)=O)CC1=CCN=C1. The van der Waals surface area contributed by atoms with Gasteiger partial charge in [0.05, 0.1) is 13.7 Å². The zero-order chi connectivity index (χ0) is 25.1. The number of ether oxygens (including phenoxy) is 2. The number of carbonyl (C=O) groups is 2. The summed E-state index contributed by atoms with van der Waals surface area (Å²) in [4.78, 5) is 29.1. The fraction of sp³-hybridized carbons (Fsp3) is 0.607. The van der Waals surface area contributed by atoms with Crippen LogP contribution in [0.2, 0.25) is 0 Å². The van der Waals surface area contributed by atoms with E-state index in [0.717, 1.165) is 37.8 Å². The molecule has 0 radical (unpaired) electrons. The van der Waals surface area contributed by atoms with Crippen LogP contribution in [0, 0.1) is 11.8 Å². The van der Waals surface area contributed by atoms with E-state index >= 15 is 0 Å². The van der Waals surface area contributed by atoms with Crippen molar-refractivity contribution < 1.29 is 24.2 Å². The molecular formula is C28H41NO5. The molecule has 6 heteroatoms. The molecule has 0 aliphatic carbocycles. The fourth-order valence-electron chi connectivity index (χ4n) is 4.64. The number of hydrogen-bond donors (Lipinski definition) is 1. The van der Waals surface area contributed by atoms with Crippen molar-refractivity contribution in [3.63, 3.8) is 0 Å². The monoisotopic (exact) mass is 471 g/mol. The highest BCUT2D eigenvalue weighted by atomic mass is 16.5. The summed E-state index contributed by atoms with van der Waals surface area (Å²) in [6, 6.07) is 5.28. The second-order valence-corrected chi connectivity index (χ2v) is 9.77. The van der Waals surface area contributed by atoms with Crippen molar-refractivity contribution >= 4 is 18.0 Å². The number of allylic oxidation sites excluding steroid dienone is 1. The summed E-state index contributed by atoms with van der Waals surface area (Å²) >= 11 is 0. The normalized spacial score (nSPS) is 15.6. The maximum atomic E-state index is 13.1. The summed E-state index contributed by atoms with van der Waals surface area (Å²) in [6.45, 7) is 8.60. The summed E-state index contributed by atoms with van der Waals surface area (Å²) in [5.74, 6) is 1.12. The molecule has 34 heavy (non-hydrogen) atoms. The maximum absolute atomic E-state index is 13.1. The molecule has 1 aromatic rings. The summed E-state index contributed by atoms with van der Waals surface area (Å²) in [5, 5.41) is 9.95. The number of esters is 1. The van der Waals surface area contributed by atoms with Crippen molar-refractivity contribution in [1.82, 2.24) is 0 Å². The van der Waals surface area contributed by atoms with E-state index < -0.39 is 6.10 Å². The van der Waals surface area contributed by atoms with Gasteiger partial charge in [-0.1, -0.05) is 39.3 Å². The molecule has 1 aliphatic rings. The number of aromatic hydroxyl groups is 1. The van der Waals surface area contributed by atoms with E-state index in [2.05, 4.69) is 31.8 Å². The molecule has 188 valence electrons. The molecule has 0 saturated carbocycles. The van der Waals surface area contributed by atoms with Crippen LogP contribution in [-0.2, 0) is 14.3 Å². The number of aliphatic imine (C=N–C) groups is 1. The molecule has 1 aliphatic heterocycles. The first kappa shape index (κ1) is 27.6. The average Bonchev–Trinajstić information content (AvgIpc) is 3.28. The topological polar surface area (TPSA) is 85.2 Å². The Bertz CT molecular complexity index is 874. The van der Waals surface area contributed by atoms with Gasteiger partial charge >= 0.3 is 5.97 Å². The van der Waals surface area contributed by atoms with Crippen molar-refractivity contribution in [1.29, 1.82) is 0 Å². The first-order valence-electron chi connectivity index (χ1n) is 12.5. The Balaban J connectivity index is 2.03. The minimum atomic E-state index is -0.403. The summed E-state index contributed by atoms with van der Waals surface area (Å²) in [6.07, 6.45) is 8.71. The average molecular weight is 472 g/mol. The van der Waals surface area contributed by atoms with Crippen molar-refractivity contribution in [3.8, 4) is 11.5 Å². The van der Waals surface area contributed by atoms with E-state index in [1.807, 2.05) is 18.3 Å². The largest absolute Gasteiger partial charge is 0.504 e. The summed E-state index contributed by atoms with van der Waals surface area (Å²) < 4.78 is 10.8. The highest BCUT2D eigenvalue weighted by Gasteiger charge is 2.24. The van der Waals surface area contributed by atoms with Gasteiger partial charge in [-0.2, -0.15) is 0 Å². The number of phenols is 1. The molecule has 0 unspecified atom stereocenters. The number of ketones is 1. The Morgan fingerprint density at radius 3 is 2.53 bits per heavy atom. The smallest absolute Gasteiger partial charge is 0.302 e. The van der Waals surface area contributed by atoms with Crippen molar-refractivity contribution in [3.05, 3.63) is 35.4 Å². The number of methoxy groups -OCH3 is 1. The molecule has 0 aromatic heterocycles. The summed E-state index contributed by atoms with van der Waals surface area (Å²) in [5.41, 5.74) is 2.24. The van der Waals surface area contributed by atoms with Gasteiger partial charge in [0.15, 0.2) is 11.5 Å². The van der Waals surface area contributed by atoms with Crippen LogP contribution in [0.3, 0.4) is 0 Å². The Hall–Kier alpha value is -2.63. The number of hydrogen-bond acceptors (Lipinski definition) is 6. The second-order valence-electron chi connectivity index (χ2n) is 9.77. The number of Topliss-reactive ketones (excluding diaryl/α,β-unsaturated/α-hetero) is 1. The Morgan fingerprint density at radius 1 is 1.18 bits per heavy atom. The minimum Gasteiger partial charge on any atom is -0.504 e. The molecule has 3 atom stereocenters. The van der Waals surface area contributed by atoms with Crippen LogP contribution in [0.1, 0.15) is 84.1 Å². The van der Waals surface area contributed by atoms with Crippen molar-refractivity contribution in [2.45, 2.75) is 84.7 Å². The molecule has 0 fully saturated rings. The zero-order valence-corrected chi connectivity index (χ0v) is 21.4. The van der Waals surface area contributed by atoms with Crippen LogP contribution in [0.5, 0.6) is 11.5 Å². The lowest BCUT2D eigenvalue weighted by atomic mass is 9.85. The fourth-order valence-corrected chi connectivity index (χ4v) is 4.64. The predicted molar refractivity (Wildman–Crippen MR) is 136 cm³/mol. The van der Waals surface area contributed by atoms with Gasteiger partial charge in [0.2, 0.25) is 0 Å². The molecule has 0 saturated heterocycles. The van der Waals surface area contributed by atoms with Crippen LogP contribution in [0.15, 0.2) is 34.8 Å². The number of rotatable bonds is 15. The van der Waals surface area contributed by atoms with E-state index in [9.17, 15) is 14.7 Å². The van der Waals surface area contributed by atoms with Gasteiger partial charge in [-0.3, -0.25) is 14.6 Å².